The standard InChI is InChI=1S/C24H29NO4/c26-21(24-13-18-10-19(14-24)12-20(11-18)15-24)16-29-23(28)8-9-25-22(27)7-6-17-4-2-1-3-5-17/h1-7,18-20H,8-16H2,(H,25,27)/b7-6+. The van der Waals surface area contributed by atoms with Gasteiger partial charge in [-0.3, -0.25) is 14.4 Å². The maximum Gasteiger partial charge on any atom is 0.308 e. The molecule has 1 amide bonds. The molecule has 0 radical (unpaired) electrons. The van der Waals surface area contributed by atoms with E-state index in [2.05, 4.69) is 5.32 Å². The molecule has 5 heteroatoms. The summed E-state index contributed by atoms with van der Waals surface area (Å²) in [4.78, 5) is 36.7. The van der Waals surface area contributed by atoms with Crippen molar-refractivity contribution in [2.75, 3.05) is 13.2 Å². The Morgan fingerprint density at radius 3 is 2.24 bits per heavy atom. The normalized spacial score (nSPS) is 29.7. The molecule has 4 saturated carbocycles. The molecule has 4 aliphatic carbocycles. The number of Topliss-reactive ketones (excluding diaryl/α,β-unsaturated/α-hetero) is 1. The molecule has 5 nitrogen and oxygen atoms in total. The molecule has 4 fully saturated rings. The predicted molar refractivity (Wildman–Crippen MR) is 110 cm³/mol. The molecule has 0 heterocycles. The number of carbonyl (C=O) groups excluding carboxylic acids is 3. The Balaban J connectivity index is 1.16. The van der Waals surface area contributed by atoms with Crippen molar-refractivity contribution >= 4 is 23.7 Å². The molecule has 1 N–H and O–H groups in total. The summed E-state index contributed by atoms with van der Waals surface area (Å²) in [5.41, 5.74) is 0.705. The predicted octanol–water partition coefficient (Wildman–Crippen LogP) is 3.53. The van der Waals surface area contributed by atoms with Crippen molar-refractivity contribution in [2.45, 2.75) is 44.9 Å². The molecule has 0 atom stereocenters. The van der Waals surface area contributed by atoms with Crippen LogP contribution in [0, 0.1) is 23.2 Å². The molecule has 154 valence electrons. The lowest BCUT2D eigenvalue weighted by Gasteiger charge is -2.55. The number of esters is 1. The topological polar surface area (TPSA) is 72.5 Å². The van der Waals surface area contributed by atoms with E-state index < -0.39 is 5.97 Å². The van der Waals surface area contributed by atoms with E-state index >= 15 is 0 Å². The van der Waals surface area contributed by atoms with Gasteiger partial charge in [0.2, 0.25) is 5.91 Å². The summed E-state index contributed by atoms with van der Waals surface area (Å²) in [6.07, 6.45) is 10.0. The van der Waals surface area contributed by atoms with Crippen molar-refractivity contribution in [3.8, 4) is 0 Å². The number of benzene rings is 1. The van der Waals surface area contributed by atoms with Gasteiger partial charge < -0.3 is 10.1 Å². The lowest BCUT2D eigenvalue weighted by molar-refractivity contribution is -0.157. The van der Waals surface area contributed by atoms with Gasteiger partial charge in [-0.15, -0.1) is 0 Å². The van der Waals surface area contributed by atoms with E-state index in [4.69, 9.17) is 4.74 Å². The fourth-order valence-electron chi connectivity index (χ4n) is 5.91. The molecule has 4 bridgehead atoms. The largest absolute Gasteiger partial charge is 0.458 e. The van der Waals surface area contributed by atoms with Crippen LogP contribution < -0.4 is 5.32 Å². The second-order valence-corrected chi connectivity index (χ2v) is 9.07. The maximum absolute atomic E-state index is 12.8. The van der Waals surface area contributed by atoms with Crippen molar-refractivity contribution in [1.82, 2.24) is 5.32 Å². The Kier molecular flexibility index (Phi) is 5.84. The van der Waals surface area contributed by atoms with Crippen LogP contribution >= 0.6 is 0 Å². The third-order valence-corrected chi connectivity index (χ3v) is 6.85. The molecule has 0 saturated heterocycles. The Morgan fingerprint density at radius 1 is 1.00 bits per heavy atom. The zero-order valence-electron chi connectivity index (χ0n) is 16.8. The molecule has 0 unspecified atom stereocenters. The highest BCUT2D eigenvalue weighted by molar-refractivity contribution is 5.92. The minimum atomic E-state index is -0.435. The number of carbonyl (C=O) groups is 3. The lowest BCUT2D eigenvalue weighted by atomic mass is 9.48. The zero-order valence-corrected chi connectivity index (χ0v) is 16.8. The quantitative estimate of drug-likeness (QED) is 0.540. The average Bonchev–Trinajstić information content (AvgIpc) is 2.70. The van der Waals surface area contributed by atoms with Crippen LogP contribution in [-0.2, 0) is 19.1 Å². The minimum absolute atomic E-state index is 0.0685. The third-order valence-electron chi connectivity index (χ3n) is 6.85. The zero-order chi connectivity index (χ0) is 20.3. The van der Waals surface area contributed by atoms with E-state index in [9.17, 15) is 14.4 Å². The summed E-state index contributed by atoms with van der Waals surface area (Å²) in [6.45, 7) is 0.0786. The highest BCUT2D eigenvalue weighted by Gasteiger charge is 2.54. The first-order chi connectivity index (χ1) is 14.0. The van der Waals surface area contributed by atoms with Gasteiger partial charge in [-0.2, -0.15) is 0 Å². The number of amides is 1. The first-order valence-electron chi connectivity index (χ1n) is 10.7. The van der Waals surface area contributed by atoms with Gasteiger partial charge in [0.25, 0.3) is 0 Å². The maximum atomic E-state index is 12.8. The number of ether oxygens (including phenoxy) is 1. The summed E-state index contributed by atoms with van der Waals surface area (Å²) < 4.78 is 5.25. The Hall–Kier alpha value is -2.43. The van der Waals surface area contributed by atoms with E-state index in [1.165, 1.54) is 25.3 Å². The highest BCUT2D eigenvalue weighted by Crippen LogP contribution is 2.60. The Morgan fingerprint density at radius 2 is 1.62 bits per heavy atom. The number of hydrogen-bond donors (Lipinski definition) is 1. The monoisotopic (exact) mass is 395 g/mol. The lowest BCUT2D eigenvalue weighted by Crippen LogP contribution is -2.51. The molecule has 0 aliphatic heterocycles. The van der Waals surface area contributed by atoms with Gasteiger partial charge in [0.1, 0.15) is 0 Å². The highest BCUT2D eigenvalue weighted by atomic mass is 16.5. The van der Waals surface area contributed by atoms with E-state index in [-0.39, 0.29) is 36.7 Å². The van der Waals surface area contributed by atoms with Crippen molar-refractivity contribution < 1.29 is 19.1 Å². The molecule has 0 spiro atoms. The van der Waals surface area contributed by atoms with Crippen LogP contribution in [0.5, 0.6) is 0 Å². The van der Waals surface area contributed by atoms with Gasteiger partial charge in [0, 0.05) is 18.0 Å². The average molecular weight is 395 g/mol. The van der Waals surface area contributed by atoms with Crippen molar-refractivity contribution in [3.05, 3.63) is 42.0 Å². The van der Waals surface area contributed by atoms with Gasteiger partial charge in [-0.1, -0.05) is 30.3 Å². The summed E-state index contributed by atoms with van der Waals surface area (Å²) in [6, 6.07) is 9.53. The molecule has 4 aliphatic rings. The molecule has 29 heavy (non-hydrogen) atoms. The van der Waals surface area contributed by atoms with E-state index in [0.717, 1.165) is 24.8 Å². The molecule has 1 aromatic carbocycles. The van der Waals surface area contributed by atoms with Crippen LogP contribution in [0.25, 0.3) is 6.08 Å². The molecular formula is C24H29NO4. The third kappa shape index (κ3) is 4.77. The summed E-state index contributed by atoms with van der Waals surface area (Å²) in [5.74, 6) is 1.50. The van der Waals surface area contributed by atoms with Crippen LogP contribution in [0.4, 0.5) is 0 Å². The van der Waals surface area contributed by atoms with Gasteiger partial charge in [0.05, 0.1) is 6.42 Å². The second-order valence-electron chi connectivity index (χ2n) is 9.07. The van der Waals surface area contributed by atoms with Gasteiger partial charge in [-0.25, -0.2) is 0 Å². The first-order valence-corrected chi connectivity index (χ1v) is 10.7. The molecule has 5 rings (SSSR count). The van der Waals surface area contributed by atoms with Crippen molar-refractivity contribution in [3.63, 3.8) is 0 Å². The number of rotatable bonds is 8. The summed E-state index contributed by atoms with van der Waals surface area (Å²) in [7, 11) is 0. The van der Waals surface area contributed by atoms with Crippen LogP contribution in [0.1, 0.15) is 50.5 Å². The van der Waals surface area contributed by atoms with Crippen LogP contribution in [0.2, 0.25) is 0 Å². The SMILES string of the molecule is O=C(/C=C/c1ccccc1)NCCC(=O)OCC(=O)C12CC3CC(CC(C3)C1)C2. The summed E-state index contributed by atoms with van der Waals surface area (Å²) in [5, 5.41) is 2.67. The van der Waals surface area contributed by atoms with E-state index in [0.29, 0.717) is 17.8 Å². The van der Waals surface area contributed by atoms with Crippen LogP contribution in [0.15, 0.2) is 36.4 Å². The molecule has 0 aromatic heterocycles. The second kappa shape index (κ2) is 8.52. The first kappa shape index (κ1) is 19.9. The minimum Gasteiger partial charge on any atom is -0.458 e. The fraction of sp³-hybridized carbons (Fsp3) is 0.542. The Bertz CT molecular complexity index is 763. The number of ketones is 1. The molecular weight excluding hydrogens is 366 g/mol. The van der Waals surface area contributed by atoms with Gasteiger partial charge >= 0.3 is 5.97 Å². The van der Waals surface area contributed by atoms with Crippen LogP contribution in [-0.4, -0.2) is 30.8 Å². The smallest absolute Gasteiger partial charge is 0.308 e. The van der Waals surface area contributed by atoms with Gasteiger partial charge in [0.15, 0.2) is 12.4 Å². The van der Waals surface area contributed by atoms with Crippen molar-refractivity contribution in [1.29, 1.82) is 0 Å². The fourth-order valence-corrected chi connectivity index (χ4v) is 5.91. The summed E-state index contributed by atoms with van der Waals surface area (Å²) >= 11 is 0. The Labute approximate surface area is 171 Å². The van der Waals surface area contributed by atoms with Gasteiger partial charge in [-0.05, 0) is 67.9 Å². The number of hydrogen-bond acceptors (Lipinski definition) is 4. The van der Waals surface area contributed by atoms with E-state index in [1.807, 2.05) is 30.3 Å². The number of nitrogens with one attached hydrogen (secondary N) is 1. The van der Waals surface area contributed by atoms with E-state index in [1.54, 1.807) is 6.08 Å². The van der Waals surface area contributed by atoms with Crippen LogP contribution in [0.3, 0.4) is 0 Å². The molecule has 1 aromatic rings. The van der Waals surface area contributed by atoms with Crippen molar-refractivity contribution in [2.24, 2.45) is 23.2 Å².